The molecular weight excluding hydrogens is 302 g/mol. The average Bonchev–Trinajstić information content (AvgIpc) is 2.91. The number of hydrogen-bond acceptors (Lipinski definition) is 2. The molecule has 4 heteroatoms. The van der Waals surface area contributed by atoms with Crippen LogP contribution in [0.4, 0.5) is 5.69 Å². The van der Waals surface area contributed by atoms with Crippen LogP contribution in [0.15, 0.2) is 52.5 Å². The van der Waals surface area contributed by atoms with Gasteiger partial charge in [-0.2, -0.15) is 0 Å². The van der Waals surface area contributed by atoms with Gasteiger partial charge in [0.2, 0.25) is 0 Å². The van der Waals surface area contributed by atoms with Crippen LogP contribution in [-0.4, -0.2) is 15.4 Å². The Hall–Kier alpha value is -1.42. The van der Waals surface area contributed by atoms with Crippen LogP contribution in [0.3, 0.4) is 0 Å². The van der Waals surface area contributed by atoms with Crippen LogP contribution in [0.25, 0.3) is 0 Å². The fourth-order valence-corrected chi connectivity index (χ4v) is 2.42. The third-order valence-electron chi connectivity index (χ3n) is 3.02. The summed E-state index contributed by atoms with van der Waals surface area (Å²) in [4.78, 5) is 8.93. The van der Waals surface area contributed by atoms with Gasteiger partial charge < -0.3 is 0 Å². The van der Waals surface area contributed by atoms with Crippen LogP contribution >= 0.6 is 15.9 Å². The van der Waals surface area contributed by atoms with Crippen LogP contribution < -0.4 is 0 Å². The van der Waals surface area contributed by atoms with Gasteiger partial charge in [-0.15, -0.1) is 0 Å². The van der Waals surface area contributed by atoms with Crippen LogP contribution in [0.5, 0.6) is 0 Å². The molecule has 1 heterocycles. The Balaban J connectivity index is 2.40. The van der Waals surface area contributed by atoms with E-state index in [-0.39, 0.29) is 0 Å². The molecule has 1 aromatic carbocycles. The second-order valence-electron chi connectivity index (χ2n) is 4.58. The lowest BCUT2D eigenvalue weighted by atomic mass is 10.0. The molecule has 1 atom stereocenters. The van der Waals surface area contributed by atoms with E-state index in [4.69, 9.17) is 4.99 Å². The molecule has 0 spiro atoms. The second-order valence-corrected chi connectivity index (χ2v) is 5.44. The molecule has 0 radical (unpaired) electrons. The normalized spacial score (nSPS) is 13.5. The summed E-state index contributed by atoms with van der Waals surface area (Å²) in [5.74, 6) is 1.43. The average molecular weight is 320 g/mol. The van der Waals surface area contributed by atoms with E-state index < -0.39 is 0 Å². The van der Waals surface area contributed by atoms with E-state index >= 15 is 0 Å². The van der Waals surface area contributed by atoms with Crippen LogP contribution in [0, 0.1) is 5.92 Å². The monoisotopic (exact) mass is 319 g/mol. The predicted octanol–water partition coefficient (Wildman–Crippen LogP) is 4.66. The lowest BCUT2D eigenvalue weighted by Crippen LogP contribution is -2.19. The van der Waals surface area contributed by atoms with E-state index in [9.17, 15) is 0 Å². The summed E-state index contributed by atoms with van der Waals surface area (Å²) in [7, 11) is 0. The summed E-state index contributed by atoms with van der Waals surface area (Å²) in [6.07, 6.45) is 7.80. The number of hydrogen-bond donors (Lipinski definition) is 0. The maximum Gasteiger partial charge on any atom is 0.117 e. The van der Waals surface area contributed by atoms with Crippen molar-refractivity contribution in [1.29, 1.82) is 0 Å². The molecule has 2 rings (SSSR count). The number of para-hydroxylation sites is 1. The Morgan fingerprint density at radius 1 is 1.42 bits per heavy atom. The fourth-order valence-electron chi connectivity index (χ4n) is 2.04. The fraction of sp³-hybridized carbons (Fsp3) is 0.333. The SMILES string of the molecule is CCCC(C)C(=Nc1ccccc1Br)n1ccnc1. The van der Waals surface area contributed by atoms with Crippen LogP contribution in [-0.2, 0) is 0 Å². The van der Waals surface area contributed by atoms with Gasteiger partial charge in [0.1, 0.15) is 12.2 Å². The molecule has 2 aromatic rings. The minimum atomic E-state index is 0.395. The van der Waals surface area contributed by atoms with Gasteiger partial charge in [-0.05, 0) is 34.5 Å². The van der Waals surface area contributed by atoms with Gasteiger partial charge >= 0.3 is 0 Å². The molecule has 1 aromatic heterocycles. The molecule has 0 aliphatic carbocycles. The zero-order valence-electron chi connectivity index (χ0n) is 11.3. The molecule has 0 bridgehead atoms. The van der Waals surface area contributed by atoms with E-state index in [1.54, 1.807) is 6.20 Å². The summed E-state index contributed by atoms with van der Waals surface area (Å²) < 4.78 is 3.01. The van der Waals surface area contributed by atoms with Crippen molar-refractivity contribution in [3.63, 3.8) is 0 Å². The van der Waals surface area contributed by atoms with Crippen molar-refractivity contribution in [2.24, 2.45) is 10.9 Å². The van der Waals surface area contributed by atoms with E-state index in [0.29, 0.717) is 5.92 Å². The van der Waals surface area contributed by atoms with Gasteiger partial charge in [0.15, 0.2) is 0 Å². The molecular formula is C15H18BrN3. The number of aliphatic imine (C=N–C) groups is 1. The van der Waals surface area contributed by atoms with Crippen molar-refractivity contribution in [2.45, 2.75) is 26.7 Å². The van der Waals surface area contributed by atoms with Crippen LogP contribution in [0.1, 0.15) is 26.7 Å². The van der Waals surface area contributed by atoms with E-state index in [1.807, 2.05) is 41.4 Å². The van der Waals surface area contributed by atoms with Gasteiger partial charge in [0.05, 0.1) is 5.69 Å². The van der Waals surface area contributed by atoms with Gasteiger partial charge in [-0.1, -0.05) is 32.4 Å². The zero-order chi connectivity index (χ0) is 13.7. The number of halogens is 1. The quantitative estimate of drug-likeness (QED) is 0.595. The molecule has 0 amide bonds. The smallest absolute Gasteiger partial charge is 0.117 e. The molecule has 0 fully saturated rings. The predicted molar refractivity (Wildman–Crippen MR) is 82.9 cm³/mol. The minimum absolute atomic E-state index is 0.395. The summed E-state index contributed by atoms with van der Waals surface area (Å²) >= 11 is 3.54. The molecule has 0 aliphatic rings. The van der Waals surface area contributed by atoms with E-state index in [2.05, 4.69) is 34.8 Å². The Kier molecular flexibility index (Phi) is 4.91. The highest BCUT2D eigenvalue weighted by Gasteiger charge is 2.12. The molecule has 100 valence electrons. The lowest BCUT2D eigenvalue weighted by molar-refractivity contribution is 0.649. The van der Waals surface area contributed by atoms with E-state index in [1.165, 1.54) is 0 Å². The molecule has 3 nitrogen and oxygen atoms in total. The van der Waals surface area contributed by atoms with Gasteiger partial charge in [0, 0.05) is 22.8 Å². The third-order valence-corrected chi connectivity index (χ3v) is 3.69. The third kappa shape index (κ3) is 3.53. The molecule has 19 heavy (non-hydrogen) atoms. The minimum Gasteiger partial charge on any atom is -0.294 e. The first-order chi connectivity index (χ1) is 9.22. The van der Waals surface area contributed by atoms with Crippen molar-refractivity contribution in [1.82, 2.24) is 9.55 Å². The first kappa shape index (κ1) is 14.0. The maximum absolute atomic E-state index is 4.81. The first-order valence-corrected chi connectivity index (χ1v) is 7.33. The first-order valence-electron chi connectivity index (χ1n) is 6.53. The molecule has 0 aliphatic heterocycles. The highest BCUT2D eigenvalue weighted by molar-refractivity contribution is 9.10. The highest BCUT2D eigenvalue weighted by Crippen LogP contribution is 2.26. The van der Waals surface area contributed by atoms with Gasteiger partial charge in [-0.25, -0.2) is 9.98 Å². The van der Waals surface area contributed by atoms with Crippen molar-refractivity contribution >= 4 is 27.5 Å². The number of aromatic nitrogens is 2. The molecule has 1 unspecified atom stereocenters. The van der Waals surface area contributed by atoms with Gasteiger partial charge in [0.25, 0.3) is 0 Å². The summed E-state index contributed by atoms with van der Waals surface area (Å²) in [6.45, 7) is 4.40. The number of nitrogens with zero attached hydrogens (tertiary/aromatic N) is 3. The Bertz CT molecular complexity index is 546. The van der Waals surface area contributed by atoms with E-state index in [0.717, 1.165) is 28.8 Å². The Morgan fingerprint density at radius 2 is 2.21 bits per heavy atom. The zero-order valence-corrected chi connectivity index (χ0v) is 12.8. The largest absolute Gasteiger partial charge is 0.294 e. The molecule has 0 saturated carbocycles. The van der Waals surface area contributed by atoms with Crippen molar-refractivity contribution in [3.8, 4) is 0 Å². The number of imidazole rings is 1. The maximum atomic E-state index is 4.81. The summed E-state index contributed by atoms with van der Waals surface area (Å²) in [5, 5.41) is 0. The highest BCUT2D eigenvalue weighted by atomic mass is 79.9. The van der Waals surface area contributed by atoms with Crippen molar-refractivity contribution in [3.05, 3.63) is 47.5 Å². The van der Waals surface area contributed by atoms with Crippen LogP contribution in [0.2, 0.25) is 0 Å². The standard InChI is InChI=1S/C15H18BrN3/c1-3-6-12(2)15(19-10-9-17-11-19)18-14-8-5-4-7-13(14)16/h4-5,7-12H,3,6H2,1-2H3. The van der Waals surface area contributed by atoms with Crippen molar-refractivity contribution < 1.29 is 0 Å². The second kappa shape index (κ2) is 6.66. The number of rotatable bonds is 4. The van der Waals surface area contributed by atoms with Gasteiger partial charge in [-0.3, -0.25) is 4.57 Å². The summed E-state index contributed by atoms with van der Waals surface area (Å²) in [5.41, 5.74) is 0.953. The Morgan fingerprint density at radius 3 is 2.84 bits per heavy atom. The lowest BCUT2D eigenvalue weighted by Gasteiger charge is -2.15. The van der Waals surface area contributed by atoms with Crippen molar-refractivity contribution in [2.75, 3.05) is 0 Å². The Labute approximate surface area is 122 Å². The summed E-state index contributed by atoms with van der Waals surface area (Å²) in [6, 6.07) is 8.02. The molecule has 0 N–H and O–H groups in total. The molecule has 0 saturated heterocycles. The topological polar surface area (TPSA) is 30.2 Å². The number of benzene rings is 1.